The maximum absolute atomic E-state index is 5.20. The van der Waals surface area contributed by atoms with Crippen molar-refractivity contribution in [3.05, 3.63) is 24.5 Å². The number of rotatable bonds is 2. The molecule has 0 saturated carbocycles. The third kappa shape index (κ3) is 1.55. The Morgan fingerprint density at radius 1 is 1.43 bits per heavy atom. The van der Waals surface area contributed by atoms with Crippen LogP contribution in [0.3, 0.4) is 0 Å². The summed E-state index contributed by atoms with van der Waals surface area (Å²) < 4.78 is 1.64. The van der Waals surface area contributed by atoms with Gasteiger partial charge in [0.1, 0.15) is 11.5 Å². The molecule has 3 N–H and O–H groups in total. The highest BCUT2D eigenvalue weighted by Crippen LogP contribution is 2.15. The first-order chi connectivity index (χ1) is 6.79. The lowest BCUT2D eigenvalue weighted by molar-refractivity contribution is 0.715. The first kappa shape index (κ1) is 8.64. The molecule has 0 aliphatic carbocycles. The standard InChI is InChI=1S/C8H10N6/c1-14-5-7(12-13-14)6-2-3-8(11-9)10-4-6/h2-5H,9H2,1H3,(H,10,11). The van der Waals surface area contributed by atoms with Gasteiger partial charge in [0, 0.05) is 18.8 Å². The second-order valence-corrected chi connectivity index (χ2v) is 2.85. The summed E-state index contributed by atoms with van der Waals surface area (Å²) in [6.07, 6.45) is 3.52. The zero-order chi connectivity index (χ0) is 9.97. The molecular formula is C8H10N6. The van der Waals surface area contributed by atoms with Crippen molar-refractivity contribution in [3.8, 4) is 11.3 Å². The summed E-state index contributed by atoms with van der Waals surface area (Å²) in [4.78, 5) is 4.07. The number of nitrogen functional groups attached to an aromatic ring is 1. The van der Waals surface area contributed by atoms with Crippen LogP contribution in [-0.2, 0) is 7.05 Å². The fourth-order valence-corrected chi connectivity index (χ4v) is 1.11. The van der Waals surface area contributed by atoms with Crippen molar-refractivity contribution in [3.63, 3.8) is 0 Å². The van der Waals surface area contributed by atoms with Crippen molar-refractivity contribution in [2.45, 2.75) is 0 Å². The predicted octanol–water partition coefficient (Wildman–Crippen LogP) is 0.163. The van der Waals surface area contributed by atoms with Crippen molar-refractivity contribution < 1.29 is 0 Å². The van der Waals surface area contributed by atoms with Crippen LogP contribution in [0.1, 0.15) is 0 Å². The Hall–Kier alpha value is -1.95. The van der Waals surface area contributed by atoms with Crippen molar-refractivity contribution in [1.29, 1.82) is 0 Å². The first-order valence-corrected chi connectivity index (χ1v) is 4.09. The Labute approximate surface area is 80.7 Å². The zero-order valence-corrected chi connectivity index (χ0v) is 7.68. The molecule has 0 aliphatic heterocycles. The first-order valence-electron chi connectivity index (χ1n) is 4.09. The van der Waals surface area contributed by atoms with Crippen LogP contribution in [0.2, 0.25) is 0 Å². The van der Waals surface area contributed by atoms with Gasteiger partial charge in [0.2, 0.25) is 0 Å². The van der Waals surface area contributed by atoms with E-state index in [-0.39, 0.29) is 0 Å². The highest BCUT2D eigenvalue weighted by atomic mass is 15.4. The number of hydrazine groups is 1. The number of hydrogen-bond donors (Lipinski definition) is 2. The molecule has 0 atom stereocenters. The van der Waals surface area contributed by atoms with Gasteiger partial charge in [-0.3, -0.25) is 4.68 Å². The lowest BCUT2D eigenvalue weighted by Gasteiger charge is -1.98. The van der Waals surface area contributed by atoms with Gasteiger partial charge in [0.05, 0.1) is 6.20 Å². The molecule has 2 heterocycles. The van der Waals surface area contributed by atoms with E-state index in [0.29, 0.717) is 5.82 Å². The molecule has 0 bridgehead atoms. The average molecular weight is 190 g/mol. The van der Waals surface area contributed by atoms with Crippen molar-refractivity contribution >= 4 is 5.82 Å². The van der Waals surface area contributed by atoms with E-state index in [1.807, 2.05) is 19.3 Å². The minimum absolute atomic E-state index is 0.623. The minimum atomic E-state index is 0.623. The van der Waals surface area contributed by atoms with Gasteiger partial charge >= 0.3 is 0 Å². The lowest BCUT2D eigenvalue weighted by atomic mass is 10.2. The van der Waals surface area contributed by atoms with Crippen LogP contribution in [0.25, 0.3) is 11.3 Å². The van der Waals surface area contributed by atoms with Crippen molar-refractivity contribution in [1.82, 2.24) is 20.0 Å². The van der Waals surface area contributed by atoms with E-state index in [2.05, 4.69) is 20.7 Å². The number of hydrogen-bond acceptors (Lipinski definition) is 5. The van der Waals surface area contributed by atoms with Gasteiger partial charge in [-0.15, -0.1) is 5.10 Å². The summed E-state index contributed by atoms with van der Waals surface area (Å²) in [5.74, 6) is 5.82. The summed E-state index contributed by atoms with van der Waals surface area (Å²) in [5, 5.41) is 7.80. The van der Waals surface area contributed by atoms with Crippen molar-refractivity contribution in [2.75, 3.05) is 5.43 Å². The molecule has 0 radical (unpaired) electrons. The van der Waals surface area contributed by atoms with E-state index in [1.54, 1.807) is 16.9 Å². The topological polar surface area (TPSA) is 81.7 Å². The highest BCUT2D eigenvalue weighted by molar-refractivity contribution is 5.58. The predicted molar refractivity (Wildman–Crippen MR) is 52.0 cm³/mol. The highest BCUT2D eigenvalue weighted by Gasteiger charge is 2.01. The fraction of sp³-hybridized carbons (Fsp3) is 0.125. The SMILES string of the molecule is Cn1cc(-c2ccc(NN)nc2)nn1. The molecule has 0 amide bonds. The van der Waals surface area contributed by atoms with Crippen molar-refractivity contribution in [2.24, 2.45) is 12.9 Å². The van der Waals surface area contributed by atoms with E-state index in [9.17, 15) is 0 Å². The van der Waals surface area contributed by atoms with Gasteiger partial charge in [-0.05, 0) is 12.1 Å². The van der Waals surface area contributed by atoms with E-state index in [4.69, 9.17) is 5.84 Å². The monoisotopic (exact) mass is 190 g/mol. The molecule has 14 heavy (non-hydrogen) atoms. The fourth-order valence-electron chi connectivity index (χ4n) is 1.11. The molecule has 0 aromatic carbocycles. The maximum atomic E-state index is 5.20. The molecule has 72 valence electrons. The molecule has 6 heteroatoms. The summed E-state index contributed by atoms with van der Waals surface area (Å²) in [6.45, 7) is 0. The lowest BCUT2D eigenvalue weighted by Crippen LogP contribution is -2.07. The number of aryl methyl sites for hydroxylation is 1. The van der Waals surface area contributed by atoms with Gasteiger partial charge in [-0.1, -0.05) is 5.21 Å². The summed E-state index contributed by atoms with van der Waals surface area (Å²) in [5.41, 5.74) is 4.17. The van der Waals surface area contributed by atoms with E-state index in [1.165, 1.54) is 0 Å². The molecule has 2 rings (SSSR count). The average Bonchev–Trinajstić information content (AvgIpc) is 2.65. The van der Waals surface area contributed by atoms with Crippen LogP contribution in [0.5, 0.6) is 0 Å². The molecule has 0 saturated heterocycles. The van der Waals surface area contributed by atoms with E-state index < -0.39 is 0 Å². The zero-order valence-electron chi connectivity index (χ0n) is 7.68. The molecule has 2 aromatic heterocycles. The number of nitrogens with two attached hydrogens (primary N) is 1. The van der Waals surface area contributed by atoms with Crippen LogP contribution in [-0.4, -0.2) is 20.0 Å². The largest absolute Gasteiger partial charge is 0.308 e. The summed E-state index contributed by atoms with van der Waals surface area (Å²) in [7, 11) is 1.82. The second-order valence-electron chi connectivity index (χ2n) is 2.85. The Morgan fingerprint density at radius 3 is 2.79 bits per heavy atom. The number of nitrogens with one attached hydrogen (secondary N) is 1. The van der Waals surface area contributed by atoms with Crippen LogP contribution in [0.15, 0.2) is 24.5 Å². The summed E-state index contributed by atoms with van der Waals surface area (Å²) >= 11 is 0. The third-order valence-corrected chi connectivity index (χ3v) is 1.81. The van der Waals surface area contributed by atoms with Gasteiger partial charge in [0.15, 0.2) is 0 Å². The molecule has 2 aromatic rings. The van der Waals surface area contributed by atoms with E-state index in [0.717, 1.165) is 11.3 Å². The van der Waals surface area contributed by atoms with Gasteiger partial charge in [0.25, 0.3) is 0 Å². The number of pyridine rings is 1. The van der Waals surface area contributed by atoms with Gasteiger partial charge < -0.3 is 5.43 Å². The number of nitrogens with zero attached hydrogens (tertiary/aromatic N) is 4. The quantitative estimate of drug-likeness (QED) is 0.521. The smallest absolute Gasteiger partial charge is 0.139 e. The third-order valence-electron chi connectivity index (χ3n) is 1.81. The Balaban J connectivity index is 2.33. The Morgan fingerprint density at radius 2 is 2.29 bits per heavy atom. The van der Waals surface area contributed by atoms with Crippen LogP contribution < -0.4 is 11.3 Å². The molecule has 0 aliphatic rings. The van der Waals surface area contributed by atoms with E-state index >= 15 is 0 Å². The normalized spacial score (nSPS) is 10.1. The Kier molecular flexibility index (Phi) is 2.11. The molecular weight excluding hydrogens is 180 g/mol. The second kappa shape index (κ2) is 3.43. The Bertz CT molecular complexity index is 418. The van der Waals surface area contributed by atoms with Crippen LogP contribution in [0.4, 0.5) is 5.82 Å². The summed E-state index contributed by atoms with van der Waals surface area (Å²) in [6, 6.07) is 3.66. The number of aromatic nitrogens is 4. The molecule has 6 nitrogen and oxygen atoms in total. The van der Waals surface area contributed by atoms with Crippen LogP contribution in [0, 0.1) is 0 Å². The van der Waals surface area contributed by atoms with Crippen LogP contribution >= 0.6 is 0 Å². The molecule has 0 spiro atoms. The number of anilines is 1. The van der Waals surface area contributed by atoms with Gasteiger partial charge in [-0.2, -0.15) is 0 Å². The molecule has 0 unspecified atom stereocenters. The maximum Gasteiger partial charge on any atom is 0.139 e. The minimum Gasteiger partial charge on any atom is -0.308 e. The van der Waals surface area contributed by atoms with Gasteiger partial charge in [-0.25, -0.2) is 10.8 Å². The molecule has 0 fully saturated rings.